The molecule has 1 rings (SSSR count). The summed E-state index contributed by atoms with van der Waals surface area (Å²) in [5, 5.41) is 0. The van der Waals surface area contributed by atoms with E-state index < -0.39 is 0 Å². The van der Waals surface area contributed by atoms with Gasteiger partial charge in [0.05, 0.1) is 0 Å². The van der Waals surface area contributed by atoms with Crippen molar-refractivity contribution in [2.24, 2.45) is 5.84 Å². The first-order valence-corrected chi connectivity index (χ1v) is 6.52. The normalized spacial score (nSPS) is 12.9. The Morgan fingerprint density at radius 2 is 1.82 bits per heavy atom. The van der Waals surface area contributed by atoms with Crippen LogP contribution >= 0.6 is 0 Å². The Bertz CT molecular complexity index is 283. The van der Waals surface area contributed by atoms with Gasteiger partial charge in [0.15, 0.2) is 0 Å². The molecule has 0 saturated heterocycles. The summed E-state index contributed by atoms with van der Waals surface area (Å²) in [6.07, 6.45) is 2.09. The molecule has 17 heavy (non-hydrogen) atoms. The predicted octanol–water partition coefficient (Wildman–Crippen LogP) is 1.79. The molecule has 1 aromatic rings. The van der Waals surface area contributed by atoms with Gasteiger partial charge in [-0.05, 0) is 38.0 Å². The smallest absolute Gasteiger partial charge is 0.0263 e. The highest BCUT2D eigenvalue weighted by atomic mass is 15.2. The van der Waals surface area contributed by atoms with Crippen molar-refractivity contribution in [3.8, 4) is 0 Å². The van der Waals surface area contributed by atoms with E-state index in [1.165, 1.54) is 5.56 Å². The van der Waals surface area contributed by atoms with E-state index in [0.717, 1.165) is 32.5 Å². The van der Waals surface area contributed by atoms with Crippen LogP contribution in [0, 0.1) is 0 Å². The van der Waals surface area contributed by atoms with Crippen molar-refractivity contribution in [1.82, 2.24) is 10.3 Å². The van der Waals surface area contributed by atoms with Gasteiger partial charge in [0.2, 0.25) is 0 Å². The Kier molecular flexibility index (Phi) is 6.86. The number of nitrogens with one attached hydrogen (secondary N) is 1. The number of benzene rings is 1. The first kappa shape index (κ1) is 14.2. The molecule has 3 N–H and O–H groups in total. The zero-order valence-corrected chi connectivity index (χ0v) is 11.0. The van der Waals surface area contributed by atoms with Crippen molar-refractivity contribution in [3.05, 3.63) is 35.9 Å². The summed E-state index contributed by atoms with van der Waals surface area (Å²) < 4.78 is 0. The molecule has 3 heteroatoms. The standard InChI is InChI=1S/C14H25N3/c1-3-17(4-2)11-10-14(16-15)12-13-8-6-5-7-9-13/h5-9,14,16H,3-4,10-12,15H2,1-2H3. The van der Waals surface area contributed by atoms with Gasteiger partial charge in [0, 0.05) is 6.04 Å². The van der Waals surface area contributed by atoms with Crippen molar-refractivity contribution in [2.45, 2.75) is 32.7 Å². The van der Waals surface area contributed by atoms with Crippen LogP contribution in [0.4, 0.5) is 0 Å². The van der Waals surface area contributed by atoms with E-state index in [-0.39, 0.29) is 0 Å². The summed E-state index contributed by atoms with van der Waals surface area (Å²) in [6, 6.07) is 10.9. The third-order valence-corrected chi connectivity index (χ3v) is 3.25. The minimum absolute atomic E-state index is 0.359. The van der Waals surface area contributed by atoms with Crippen LogP contribution in [0.1, 0.15) is 25.8 Å². The summed E-state index contributed by atoms with van der Waals surface area (Å²) in [6.45, 7) is 7.73. The van der Waals surface area contributed by atoms with Crippen LogP contribution < -0.4 is 11.3 Å². The van der Waals surface area contributed by atoms with Crippen molar-refractivity contribution in [3.63, 3.8) is 0 Å². The molecule has 0 spiro atoms. The van der Waals surface area contributed by atoms with E-state index in [1.807, 2.05) is 6.07 Å². The summed E-state index contributed by atoms with van der Waals surface area (Å²) >= 11 is 0. The molecule has 0 aliphatic carbocycles. The van der Waals surface area contributed by atoms with Crippen LogP contribution in [0.2, 0.25) is 0 Å². The van der Waals surface area contributed by atoms with E-state index >= 15 is 0 Å². The van der Waals surface area contributed by atoms with E-state index in [2.05, 4.69) is 48.4 Å². The highest BCUT2D eigenvalue weighted by molar-refractivity contribution is 5.15. The molecule has 0 amide bonds. The van der Waals surface area contributed by atoms with Gasteiger partial charge < -0.3 is 4.90 Å². The second-order valence-corrected chi connectivity index (χ2v) is 4.37. The fourth-order valence-electron chi connectivity index (χ4n) is 2.02. The molecule has 0 bridgehead atoms. The van der Waals surface area contributed by atoms with Gasteiger partial charge in [-0.15, -0.1) is 0 Å². The fourth-order valence-corrected chi connectivity index (χ4v) is 2.02. The Labute approximate surface area is 105 Å². The topological polar surface area (TPSA) is 41.3 Å². The molecule has 0 aliphatic heterocycles. The molecule has 3 nitrogen and oxygen atoms in total. The number of nitrogens with zero attached hydrogens (tertiary/aromatic N) is 1. The summed E-state index contributed by atoms with van der Waals surface area (Å²) in [5.74, 6) is 5.62. The number of hydrogen-bond donors (Lipinski definition) is 2. The number of hydrogen-bond acceptors (Lipinski definition) is 3. The molecule has 1 aromatic carbocycles. The number of nitrogens with two attached hydrogens (primary N) is 1. The van der Waals surface area contributed by atoms with Crippen LogP contribution in [0.5, 0.6) is 0 Å². The SMILES string of the molecule is CCN(CC)CCC(Cc1ccccc1)NN. The van der Waals surface area contributed by atoms with Crippen molar-refractivity contribution < 1.29 is 0 Å². The number of rotatable bonds is 8. The quantitative estimate of drug-likeness (QED) is 0.533. The summed E-state index contributed by atoms with van der Waals surface area (Å²) in [4.78, 5) is 2.43. The monoisotopic (exact) mass is 235 g/mol. The molecule has 0 saturated carbocycles. The molecular weight excluding hydrogens is 210 g/mol. The van der Waals surface area contributed by atoms with Gasteiger partial charge in [0.25, 0.3) is 0 Å². The maximum atomic E-state index is 5.62. The minimum Gasteiger partial charge on any atom is -0.304 e. The lowest BCUT2D eigenvalue weighted by atomic mass is 10.0. The maximum Gasteiger partial charge on any atom is 0.0263 e. The summed E-state index contributed by atoms with van der Waals surface area (Å²) in [7, 11) is 0. The molecule has 1 atom stereocenters. The second kappa shape index (κ2) is 8.23. The molecule has 0 aromatic heterocycles. The Hall–Kier alpha value is -0.900. The average molecular weight is 235 g/mol. The Morgan fingerprint density at radius 3 is 2.35 bits per heavy atom. The lowest BCUT2D eigenvalue weighted by molar-refractivity contribution is 0.281. The molecule has 0 fully saturated rings. The summed E-state index contributed by atoms with van der Waals surface area (Å²) in [5.41, 5.74) is 4.27. The Balaban J connectivity index is 2.38. The van der Waals surface area contributed by atoms with Crippen LogP contribution in [-0.4, -0.2) is 30.6 Å². The Morgan fingerprint density at radius 1 is 1.18 bits per heavy atom. The van der Waals surface area contributed by atoms with Gasteiger partial charge in [-0.2, -0.15) is 0 Å². The zero-order valence-electron chi connectivity index (χ0n) is 11.0. The van der Waals surface area contributed by atoms with Crippen molar-refractivity contribution >= 4 is 0 Å². The molecule has 0 heterocycles. The highest BCUT2D eigenvalue weighted by Crippen LogP contribution is 2.06. The second-order valence-electron chi connectivity index (χ2n) is 4.37. The maximum absolute atomic E-state index is 5.62. The van der Waals surface area contributed by atoms with Gasteiger partial charge in [0.1, 0.15) is 0 Å². The van der Waals surface area contributed by atoms with Gasteiger partial charge in [-0.1, -0.05) is 44.2 Å². The van der Waals surface area contributed by atoms with Crippen LogP contribution in [0.25, 0.3) is 0 Å². The molecule has 1 unspecified atom stereocenters. The first-order valence-electron chi connectivity index (χ1n) is 6.52. The van der Waals surface area contributed by atoms with Crippen LogP contribution in [-0.2, 0) is 6.42 Å². The first-order chi connectivity index (χ1) is 8.30. The van der Waals surface area contributed by atoms with Crippen LogP contribution in [0.3, 0.4) is 0 Å². The third-order valence-electron chi connectivity index (χ3n) is 3.25. The van der Waals surface area contributed by atoms with Crippen LogP contribution in [0.15, 0.2) is 30.3 Å². The van der Waals surface area contributed by atoms with Crippen molar-refractivity contribution in [1.29, 1.82) is 0 Å². The van der Waals surface area contributed by atoms with Gasteiger partial charge >= 0.3 is 0 Å². The lowest BCUT2D eigenvalue weighted by Crippen LogP contribution is -2.39. The average Bonchev–Trinajstić information content (AvgIpc) is 2.39. The van der Waals surface area contributed by atoms with E-state index in [4.69, 9.17) is 5.84 Å². The van der Waals surface area contributed by atoms with Gasteiger partial charge in [-0.3, -0.25) is 11.3 Å². The van der Waals surface area contributed by atoms with E-state index in [0.29, 0.717) is 6.04 Å². The zero-order chi connectivity index (χ0) is 12.5. The van der Waals surface area contributed by atoms with E-state index in [9.17, 15) is 0 Å². The third kappa shape index (κ3) is 5.31. The lowest BCUT2D eigenvalue weighted by Gasteiger charge is -2.22. The largest absolute Gasteiger partial charge is 0.304 e. The molecule has 0 radical (unpaired) electrons. The predicted molar refractivity (Wildman–Crippen MR) is 73.7 cm³/mol. The fraction of sp³-hybridized carbons (Fsp3) is 0.571. The van der Waals surface area contributed by atoms with Gasteiger partial charge in [-0.25, -0.2) is 0 Å². The highest BCUT2D eigenvalue weighted by Gasteiger charge is 2.09. The van der Waals surface area contributed by atoms with E-state index in [1.54, 1.807) is 0 Å². The van der Waals surface area contributed by atoms with Crippen molar-refractivity contribution in [2.75, 3.05) is 19.6 Å². The molecular formula is C14H25N3. The molecule has 96 valence electrons. The minimum atomic E-state index is 0.359. The number of hydrazine groups is 1. The molecule has 0 aliphatic rings.